The fourth-order valence-corrected chi connectivity index (χ4v) is 2.79. The number of anilines is 1. The van der Waals surface area contributed by atoms with E-state index in [0.717, 1.165) is 16.8 Å². The van der Waals surface area contributed by atoms with Crippen LogP contribution in [0.15, 0.2) is 66.7 Å². The lowest BCUT2D eigenvalue weighted by Crippen LogP contribution is -2.13. The molecular weight excluding hydrogens is 350 g/mol. The molecule has 0 radical (unpaired) electrons. The van der Waals surface area contributed by atoms with Gasteiger partial charge in [-0.2, -0.15) is 0 Å². The van der Waals surface area contributed by atoms with E-state index in [1.807, 2.05) is 50.2 Å². The molecule has 3 aromatic rings. The SMILES string of the molecule is CCOc1cc(C(=O)Nc2ccccc2C)ccc1OCc1ccc(C)cc1. The van der Waals surface area contributed by atoms with Crippen molar-refractivity contribution in [3.8, 4) is 11.5 Å². The molecule has 3 rings (SSSR count). The van der Waals surface area contributed by atoms with Gasteiger partial charge in [-0.05, 0) is 56.2 Å². The van der Waals surface area contributed by atoms with Crippen molar-refractivity contribution in [3.05, 3.63) is 89.0 Å². The number of benzene rings is 3. The third-order valence-corrected chi connectivity index (χ3v) is 4.41. The molecule has 0 heterocycles. The number of para-hydroxylation sites is 1. The number of hydrogen-bond donors (Lipinski definition) is 1. The van der Waals surface area contributed by atoms with E-state index >= 15 is 0 Å². The number of nitrogens with one attached hydrogen (secondary N) is 1. The maximum Gasteiger partial charge on any atom is 0.255 e. The molecule has 0 fully saturated rings. The molecule has 0 bridgehead atoms. The fraction of sp³-hybridized carbons (Fsp3) is 0.208. The highest BCUT2D eigenvalue weighted by molar-refractivity contribution is 6.05. The van der Waals surface area contributed by atoms with E-state index in [1.54, 1.807) is 18.2 Å². The van der Waals surface area contributed by atoms with Crippen LogP contribution in [0.3, 0.4) is 0 Å². The molecule has 0 saturated carbocycles. The molecule has 28 heavy (non-hydrogen) atoms. The quantitative estimate of drug-likeness (QED) is 0.590. The molecule has 0 aliphatic carbocycles. The van der Waals surface area contributed by atoms with Crippen LogP contribution in [0.5, 0.6) is 11.5 Å². The number of amides is 1. The van der Waals surface area contributed by atoms with Gasteiger partial charge < -0.3 is 14.8 Å². The average Bonchev–Trinajstić information content (AvgIpc) is 2.70. The van der Waals surface area contributed by atoms with Crippen LogP contribution in [-0.2, 0) is 6.61 Å². The Bertz CT molecular complexity index is 948. The van der Waals surface area contributed by atoms with E-state index in [2.05, 4.69) is 24.4 Å². The molecule has 144 valence electrons. The maximum atomic E-state index is 12.6. The summed E-state index contributed by atoms with van der Waals surface area (Å²) in [4.78, 5) is 12.6. The second-order valence-electron chi connectivity index (χ2n) is 6.64. The molecule has 3 aromatic carbocycles. The van der Waals surface area contributed by atoms with Crippen LogP contribution in [0.1, 0.15) is 34.0 Å². The number of rotatable bonds is 7. The normalized spacial score (nSPS) is 10.4. The van der Waals surface area contributed by atoms with E-state index in [4.69, 9.17) is 9.47 Å². The number of ether oxygens (including phenoxy) is 2. The summed E-state index contributed by atoms with van der Waals surface area (Å²) in [5.41, 5.74) is 4.62. The Morgan fingerprint density at radius 1 is 0.893 bits per heavy atom. The summed E-state index contributed by atoms with van der Waals surface area (Å²) >= 11 is 0. The van der Waals surface area contributed by atoms with Crippen LogP contribution in [0, 0.1) is 13.8 Å². The van der Waals surface area contributed by atoms with Gasteiger partial charge in [0.15, 0.2) is 11.5 Å². The second-order valence-corrected chi connectivity index (χ2v) is 6.64. The first-order valence-corrected chi connectivity index (χ1v) is 9.39. The molecule has 1 amide bonds. The van der Waals surface area contributed by atoms with Crippen molar-refractivity contribution >= 4 is 11.6 Å². The van der Waals surface area contributed by atoms with Gasteiger partial charge in [-0.1, -0.05) is 48.0 Å². The minimum Gasteiger partial charge on any atom is -0.490 e. The van der Waals surface area contributed by atoms with Crippen molar-refractivity contribution in [2.45, 2.75) is 27.4 Å². The molecule has 0 aromatic heterocycles. The van der Waals surface area contributed by atoms with E-state index in [1.165, 1.54) is 5.56 Å². The summed E-state index contributed by atoms with van der Waals surface area (Å²) in [7, 11) is 0. The molecule has 1 N–H and O–H groups in total. The Morgan fingerprint density at radius 2 is 1.64 bits per heavy atom. The molecule has 0 aliphatic rings. The van der Waals surface area contributed by atoms with Gasteiger partial charge in [0.2, 0.25) is 0 Å². The van der Waals surface area contributed by atoms with Crippen molar-refractivity contribution < 1.29 is 14.3 Å². The van der Waals surface area contributed by atoms with Crippen molar-refractivity contribution in [2.24, 2.45) is 0 Å². The Balaban J connectivity index is 1.75. The Labute approximate surface area is 166 Å². The third kappa shape index (κ3) is 4.92. The van der Waals surface area contributed by atoms with Crippen molar-refractivity contribution in [1.29, 1.82) is 0 Å². The standard InChI is InChI=1S/C24H25NO3/c1-4-27-23-15-20(24(26)25-21-8-6-5-7-18(21)3)13-14-22(23)28-16-19-11-9-17(2)10-12-19/h5-15H,4,16H2,1-3H3,(H,25,26). The second kappa shape index (κ2) is 9.09. The molecule has 4 heteroatoms. The predicted octanol–water partition coefficient (Wildman–Crippen LogP) is 5.53. The van der Waals surface area contributed by atoms with Gasteiger partial charge in [0.05, 0.1) is 6.61 Å². The van der Waals surface area contributed by atoms with Gasteiger partial charge in [-0.25, -0.2) is 0 Å². The Kier molecular flexibility index (Phi) is 6.33. The Hall–Kier alpha value is -3.27. The zero-order valence-corrected chi connectivity index (χ0v) is 16.5. The molecule has 0 spiro atoms. The summed E-state index contributed by atoms with van der Waals surface area (Å²) in [5, 5.41) is 2.94. The van der Waals surface area contributed by atoms with Crippen LogP contribution < -0.4 is 14.8 Å². The third-order valence-electron chi connectivity index (χ3n) is 4.41. The number of carbonyl (C=O) groups excluding carboxylic acids is 1. The van der Waals surface area contributed by atoms with Gasteiger partial charge >= 0.3 is 0 Å². The zero-order valence-electron chi connectivity index (χ0n) is 16.5. The van der Waals surface area contributed by atoms with Crippen molar-refractivity contribution in [2.75, 3.05) is 11.9 Å². The van der Waals surface area contributed by atoms with Crippen LogP contribution in [0.4, 0.5) is 5.69 Å². The molecule has 0 aliphatic heterocycles. The minimum atomic E-state index is -0.180. The molecule has 4 nitrogen and oxygen atoms in total. The zero-order chi connectivity index (χ0) is 19.9. The minimum absolute atomic E-state index is 0.180. The molecule has 0 unspecified atom stereocenters. The Morgan fingerprint density at radius 3 is 2.36 bits per heavy atom. The van der Waals surface area contributed by atoms with Crippen LogP contribution in [0.2, 0.25) is 0 Å². The number of aryl methyl sites for hydroxylation is 2. The summed E-state index contributed by atoms with van der Waals surface area (Å²) in [5.74, 6) is 1.00. The first-order chi connectivity index (χ1) is 13.6. The van der Waals surface area contributed by atoms with Crippen molar-refractivity contribution in [1.82, 2.24) is 0 Å². The van der Waals surface area contributed by atoms with Crippen LogP contribution in [0.25, 0.3) is 0 Å². The molecule has 0 saturated heterocycles. The summed E-state index contributed by atoms with van der Waals surface area (Å²) in [6, 6.07) is 21.1. The van der Waals surface area contributed by atoms with Crippen molar-refractivity contribution in [3.63, 3.8) is 0 Å². The molecule has 0 atom stereocenters. The first-order valence-electron chi connectivity index (χ1n) is 9.39. The first kappa shape index (κ1) is 19.5. The van der Waals surface area contributed by atoms with E-state index in [9.17, 15) is 4.79 Å². The van der Waals surface area contributed by atoms with E-state index < -0.39 is 0 Å². The van der Waals surface area contributed by atoms with E-state index in [0.29, 0.717) is 30.3 Å². The summed E-state index contributed by atoms with van der Waals surface area (Å²) in [6.45, 7) is 6.85. The van der Waals surface area contributed by atoms with Crippen LogP contribution >= 0.6 is 0 Å². The lowest BCUT2D eigenvalue weighted by Gasteiger charge is -2.14. The lowest BCUT2D eigenvalue weighted by atomic mass is 10.1. The maximum absolute atomic E-state index is 12.6. The fourth-order valence-electron chi connectivity index (χ4n) is 2.79. The van der Waals surface area contributed by atoms with E-state index in [-0.39, 0.29) is 5.91 Å². The van der Waals surface area contributed by atoms with Gasteiger partial charge in [-0.15, -0.1) is 0 Å². The van der Waals surface area contributed by atoms with Gasteiger partial charge in [0.1, 0.15) is 6.61 Å². The predicted molar refractivity (Wildman–Crippen MR) is 112 cm³/mol. The molecular formula is C24H25NO3. The highest BCUT2D eigenvalue weighted by Crippen LogP contribution is 2.30. The number of hydrogen-bond acceptors (Lipinski definition) is 3. The summed E-state index contributed by atoms with van der Waals surface area (Å²) in [6.07, 6.45) is 0. The topological polar surface area (TPSA) is 47.6 Å². The van der Waals surface area contributed by atoms with Gasteiger partial charge in [0.25, 0.3) is 5.91 Å². The highest BCUT2D eigenvalue weighted by Gasteiger charge is 2.13. The largest absolute Gasteiger partial charge is 0.490 e. The highest BCUT2D eigenvalue weighted by atomic mass is 16.5. The average molecular weight is 375 g/mol. The van der Waals surface area contributed by atoms with Crippen LogP contribution in [-0.4, -0.2) is 12.5 Å². The van der Waals surface area contributed by atoms with Gasteiger partial charge in [0, 0.05) is 11.3 Å². The lowest BCUT2D eigenvalue weighted by molar-refractivity contribution is 0.102. The number of carbonyl (C=O) groups is 1. The summed E-state index contributed by atoms with van der Waals surface area (Å²) < 4.78 is 11.6. The smallest absolute Gasteiger partial charge is 0.255 e. The van der Waals surface area contributed by atoms with Gasteiger partial charge in [-0.3, -0.25) is 4.79 Å². The monoisotopic (exact) mass is 375 g/mol.